The minimum absolute atomic E-state index is 0.0439. The number of hydrogen-bond donors (Lipinski definition) is 1. The first-order chi connectivity index (χ1) is 13.3. The van der Waals surface area contributed by atoms with Crippen LogP contribution >= 0.6 is 0 Å². The van der Waals surface area contributed by atoms with Gasteiger partial charge < -0.3 is 9.73 Å². The summed E-state index contributed by atoms with van der Waals surface area (Å²) < 4.78 is 5.73. The lowest BCUT2D eigenvalue weighted by molar-refractivity contribution is -0.126. The molecule has 27 heavy (non-hydrogen) atoms. The van der Waals surface area contributed by atoms with Crippen molar-refractivity contribution in [3.63, 3.8) is 0 Å². The molecule has 0 bridgehead atoms. The van der Waals surface area contributed by atoms with Gasteiger partial charge in [0.25, 0.3) is 0 Å². The number of fused-ring (bicyclic) bond motifs is 1. The zero-order valence-electron chi connectivity index (χ0n) is 15.3. The van der Waals surface area contributed by atoms with Gasteiger partial charge in [0.1, 0.15) is 11.6 Å². The van der Waals surface area contributed by atoms with Gasteiger partial charge in [0.05, 0.1) is 0 Å². The second kappa shape index (κ2) is 8.31. The molecule has 0 radical (unpaired) electrons. The molecule has 1 aliphatic heterocycles. The van der Waals surface area contributed by atoms with Gasteiger partial charge in [-0.05, 0) is 56.1 Å². The average molecular weight is 364 g/mol. The van der Waals surface area contributed by atoms with Crippen molar-refractivity contribution in [3.8, 4) is 0 Å². The molecule has 1 aromatic carbocycles. The van der Waals surface area contributed by atoms with Crippen molar-refractivity contribution in [1.82, 2.24) is 20.2 Å². The van der Waals surface area contributed by atoms with Gasteiger partial charge in [-0.2, -0.15) is 0 Å². The Bertz CT molecular complexity index is 854. The third-order valence-corrected chi connectivity index (χ3v) is 4.96. The Morgan fingerprint density at radius 1 is 1.19 bits per heavy atom. The molecular weight excluding hydrogens is 340 g/mol. The lowest BCUT2D eigenvalue weighted by Crippen LogP contribution is -2.39. The predicted molar refractivity (Wildman–Crippen MR) is 103 cm³/mol. The van der Waals surface area contributed by atoms with Gasteiger partial charge in [-0.1, -0.05) is 18.2 Å². The number of nitrogens with one attached hydrogen (secondary N) is 1. The van der Waals surface area contributed by atoms with Crippen LogP contribution in [0.5, 0.6) is 0 Å². The number of pyridine rings is 1. The Balaban J connectivity index is 1.34. The third kappa shape index (κ3) is 4.17. The smallest absolute Gasteiger partial charge is 0.242 e. The summed E-state index contributed by atoms with van der Waals surface area (Å²) in [5.41, 5.74) is 2.64. The van der Waals surface area contributed by atoms with Crippen LogP contribution in [-0.4, -0.2) is 40.4 Å². The zero-order chi connectivity index (χ0) is 18.5. The van der Waals surface area contributed by atoms with E-state index in [-0.39, 0.29) is 11.9 Å². The first-order valence-corrected chi connectivity index (χ1v) is 9.57. The van der Waals surface area contributed by atoms with Gasteiger partial charge in [-0.3, -0.25) is 14.7 Å². The van der Waals surface area contributed by atoms with E-state index >= 15 is 0 Å². The summed E-state index contributed by atoms with van der Waals surface area (Å²) in [7, 11) is 0. The quantitative estimate of drug-likeness (QED) is 0.652. The molecule has 1 aliphatic rings. The fourth-order valence-corrected chi connectivity index (χ4v) is 3.64. The molecule has 3 heterocycles. The van der Waals surface area contributed by atoms with Gasteiger partial charge in [0, 0.05) is 25.4 Å². The van der Waals surface area contributed by atoms with E-state index in [9.17, 15) is 4.79 Å². The first kappa shape index (κ1) is 17.7. The minimum Gasteiger partial charge on any atom is -0.441 e. The molecule has 0 spiro atoms. The lowest BCUT2D eigenvalue weighted by Gasteiger charge is -2.26. The number of benzene rings is 1. The third-order valence-electron chi connectivity index (χ3n) is 4.96. The summed E-state index contributed by atoms with van der Waals surface area (Å²) in [6.07, 6.45) is 7.31. The maximum atomic E-state index is 12.9. The maximum absolute atomic E-state index is 12.9. The number of rotatable bonds is 7. The molecule has 1 fully saturated rings. The Labute approximate surface area is 158 Å². The van der Waals surface area contributed by atoms with Gasteiger partial charge in [0.2, 0.25) is 5.91 Å². The Kier molecular flexibility index (Phi) is 5.44. The topological polar surface area (TPSA) is 71.3 Å². The number of hydrogen-bond acceptors (Lipinski definition) is 5. The number of carbonyl (C=O) groups is 1. The highest BCUT2D eigenvalue weighted by Crippen LogP contribution is 2.24. The van der Waals surface area contributed by atoms with Crippen molar-refractivity contribution in [3.05, 3.63) is 60.2 Å². The second-order valence-electron chi connectivity index (χ2n) is 6.90. The number of amides is 1. The number of nitrogens with zero attached hydrogens (tertiary/aromatic N) is 3. The highest BCUT2D eigenvalue weighted by Gasteiger charge is 2.29. The second-order valence-corrected chi connectivity index (χ2v) is 6.90. The SMILES string of the molecule is O=C(NCCCc1nc2ccccc2o1)[C@H](c1cccnc1)N1CCCC1. The van der Waals surface area contributed by atoms with Crippen LogP contribution in [-0.2, 0) is 11.2 Å². The summed E-state index contributed by atoms with van der Waals surface area (Å²) >= 11 is 0. The standard InChI is InChI=1S/C21H24N4O2/c26-21(20(25-13-3-4-14-25)16-7-5-11-22-15-16)23-12-6-10-19-24-17-8-1-2-9-18(17)27-19/h1-2,5,7-9,11,15,20H,3-4,6,10,12-14H2,(H,23,26)/t20-/m0/s1. The van der Waals surface area contributed by atoms with Crippen molar-refractivity contribution in [2.24, 2.45) is 0 Å². The summed E-state index contributed by atoms with van der Waals surface area (Å²) in [5, 5.41) is 3.08. The van der Waals surface area contributed by atoms with Crippen molar-refractivity contribution < 1.29 is 9.21 Å². The zero-order valence-corrected chi connectivity index (χ0v) is 15.3. The molecule has 1 saturated heterocycles. The van der Waals surface area contributed by atoms with Crippen molar-refractivity contribution >= 4 is 17.0 Å². The van der Waals surface area contributed by atoms with Crippen LogP contribution in [0.4, 0.5) is 0 Å². The number of aromatic nitrogens is 2. The van der Waals surface area contributed by atoms with Crippen LogP contribution in [0.25, 0.3) is 11.1 Å². The molecule has 2 aromatic heterocycles. The minimum atomic E-state index is -0.259. The Hall–Kier alpha value is -2.73. The van der Waals surface area contributed by atoms with E-state index < -0.39 is 0 Å². The van der Waals surface area contributed by atoms with E-state index in [1.165, 1.54) is 0 Å². The fourth-order valence-electron chi connectivity index (χ4n) is 3.64. The molecule has 0 saturated carbocycles. The monoisotopic (exact) mass is 364 g/mol. The van der Waals surface area contributed by atoms with Gasteiger partial charge in [0.15, 0.2) is 11.5 Å². The number of aryl methyl sites for hydroxylation is 1. The highest BCUT2D eigenvalue weighted by atomic mass is 16.3. The first-order valence-electron chi connectivity index (χ1n) is 9.57. The highest BCUT2D eigenvalue weighted by molar-refractivity contribution is 5.83. The Morgan fingerprint density at radius 2 is 2.04 bits per heavy atom. The molecule has 1 atom stereocenters. The van der Waals surface area contributed by atoms with Crippen LogP contribution in [0, 0.1) is 0 Å². The van der Waals surface area contributed by atoms with Gasteiger partial charge >= 0.3 is 0 Å². The van der Waals surface area contributed by atoms with E-state index in [0.717, 1.165) is 49.0 Å². The van der Waals surface area contributed by atoms with E-state index in [1.54, 1.807) is 12.4 Å². The largest absolute Gasteiger partial charge is 0.441 e. The summed E-state index contributed by atoms with van der Waals surface area (Å²) in [5.74, 6) is 0.760. The number of para-hydroxylation sites is 2. The Morgan fingerprint density at radius 3 is 2.81 bits per heavy atom. The fraction of sp³-hybridized carbons (Fsp3) is 0.381. The summed E-state index contributed by atoms with van der Waals surface area (Å²) in [6.45, 7) is 2.51. The van der Waals surface area contributed by atoms with E-state index in [1.807, 2.05) is 36.4 Å². The van der Waals surface area contributed by atoms with E-state index in [4.69, 9.17) is 4.42 Å². The average Bonchev–Trinajstić information content (AvgIpc) is 3.36. The predicted octanol–water partition coefficient (Wildman–Crippen LogP) is 3.11. The van der Waals surface area contributed by atoms with E-state index in [2.05, 4.69) is 20.2 Å². The molecule has 1 amide bonds. The molecule has 0 aliphatic carbocycles. The van der Waals surface area contributed by atoms with Crippen LogP contribution < -0.4 is 5.32 Å². The van der Waals surface area contributed by atoms with Crippen LogP contribution in [0.15, 0.2) is 53.2 Å². The van der Waals surface area contributed by atoms with Crippen LogP contribution in [0.1, 0.15) is 36.8 Å². The number of likely N-dealkylation sites (tertiary alicyclic amines) is 1. The molecule has 6 nitrogen and oxygen atoms in total. The van der Waals surface area contributed by atoms with Crippen LogP contribution in [0.2, 0.25) is 0 Å². The molecule has 6 heteroatoms. The van der Waals surface area contributed by atoms with Crippen LogP contribution in [0.3, 0.4) is 0 Å². The van der Waals surface area contributed by atoms with Crippen molar-refractivity contribution in [2.75, 3.05) is 19.6 Å². The molecule has 140 valence electrons. The van der Waals surface area contributed by atoms with Gasteiger partial charge in [-0.25, -0.2) is 4.98 Å². The van der Waals surface area contributed by atoms with E-state index in [0.29, 0.717) is 18.9 Å². The molecular formula is C21H24N4O2. The molecule has 3 aromatic rings. The lowest BCUT2D eigenvalue weighted by atomic mass is 10.1. The number of oxazole rings is 1. The van der Waals surface area contributed by atoms with Gasteiger partial charge in [-0.15, -0.1) is 0 Å². The van der Waals surface area contributed by atoms with Crippen molar-refractivity contribution in [2.45, 2.75) is 31.7 Å². The normalized spacial score (nSPS) is 15.9. The summed E-state index contributed by atoms with van der Waals surface area (Å²) in [4.78, 5) is 23.8. The van der Waals surface area contributed by atoms with Crippen molar-refractivity contribution in [1.29, 1.82) is 0 Å². The molecule has 4 rings (SSSR count). The molecule has 1 N–H and O–H groups in total. The summed E-state index contributed by atoms with van der Waals surface area (Å²) in [6, 6.07) is 11.4. The molecule has 0 unspecified atom stereocenters. The number of carbonyl (C=O) groups excluding carboxylic acids is 1. The maximum Gasteiger partial charge on any atom is 0.242 e.